The summed E-state index contributed by atoms with van der Waals surface area (Å²) in [7, 11) is 0. The molecule has 22 heavy (non-hydrogen) atoms. The third-order valence-corrected chi connectivity index (χ3v) is 2.78. The summed E-state index contributed by atoms with van der Waals surface area (Å²) in [5.41, 5.74) is 0. The van der Waals surface area contributed by atoms with Crippen molar-refractivity contribution in [3.63, 3.8) is 0 Å². The van der Waals surface area contributed by atoms with Crippen molar-refractivity contribution in [3.8, 4) is 5.75 Å². The fraction of sp³-hybridized carbons (Fsp3) is 0.533. The normalized spacial score (nSPS) is 10.8. The first kappa shape index (κ1) is 21.3. The van der Waals surface area contributed by atoms with Crippen molar-refractivity contribution < 1.29 is 9.47 Å². The zero-order valence-corrected chi connectivity index (χ0v) is 16.2. The first-order valence-electron chi connectivity index (χ1n) is 7.24. The molecule has 0 spiro atoms. The lowest BCUT2D eigenvalue weighted by Gasteiger charge is -2.12. The average molecular weight is 442 g/mol. The predicted octanol–water partition coefficient (Wildman–Crippen LogP) is 2.93. The number of rotatable bonds is 9. The molecule has 0 saturated carbocycles. The van der Waals surface area contributed by atoms with Crippen LogP contribution in [0.25, 0.3) is 0 Å². The van der Waals surface area contributed by atoms with Crippen LogP contribution in [0.2, 0.25) is 5.02 Å². The molecule has 0 aliphatic carbocycles. The number of hydrogen-bond acceptors (Lipinski definition) is 3. The van der Waals surface area contributed by atoms with Gasteiger partial charge in [0.1, 0.15) is 12.4 Å². The van der Waals surface area contributed by atoms with Gasteiger partial charge >= 0.3 is 0 Å². The number of ether oxygens (including phenoxy) is 2. The number of guanidine groups is 1. The number of hydrogen-bond donors (Lipinski definition) is 2. The monoisotopic (exact) mass is 441 g/mol. The smallest absolute Gasteiger partial charge is 0.191 e. The first-order chi connectivity index (χ1) is 10.3. The standard InChI is InChI=1S/C15H24ClN3O2.HI/c1-3-17-15(18-9-11-20-4-2)19-10-12-21-14-7-5-13(16)6-8-14;/h5-8H,3-4,9-12H2,1-2H3,(H2,17,18,19);1H. The second kappa shape index (κ2) is 13.9. The Hall–Kier alpha value is -0.730. The van der Waals surface area contributed by atoms with E-state index in [1.54, 1.807) is 0 Å². The minimum atomic E-state index is 0. The Kier molecular flexibility index (Phi) is 13.4. The van der Waals surface area contributed by atoms with Crippen LogP contribution < -0.4 is 15.4 Å². The topological polar surface area (TPSA) is 54.9 Å². The van der Waals surface area contributed by atoms with E-state index in [4.69, 9.17) is 21.1 Å². The van der Waals surface area contributed by atoms with Gasteiger partial charge in [-0.25, -0.2) is 0 Å². The largest absolute Gasteiger partial charge is 0.492 e. The zero-order chi connectivity index (χ0) is 15.3. The summed E-state index contributed by atoms with van der Waals surface area (Å²) in [6.07, 6.45) is 0. The van der Waals surface area contributed by atoms with Crippen molar-refractivity contribution >= 4 is 41.5 Å². The molecule has 0 radical (unpaired) electrons. The maximum atomic E-state index is 5.82. The van der Waals surface area contributed by atoms with Crippen LogP contribution in [0.5, 0.6) is 5.75 Å². The molecule has 0 atom stereocenters. The van der Waals surface area contributed by atoms with Gasteiger partial charge in [-0.05, 0) is 38.1 Å². The number of nitrogens with zero attached hydrogens (tertiary/aromatic N) is 1. The Balaban J connectivity index is 0.00000441. The van der Waals surface area contributed by atoms with E-state index >= 15 is 0 Å². The van der Waals surface area contributed by atoms with Crippen LogP contribution in [-0.2, 0) is 4.74 Å². The van der Waals surface area contributed by atoms with E-state index in [2.05, 4.69) is 15.6 Å². The van der Waals surface area contributed by atoms with Crippen LogP contribution in [-0.4, -0.2) is 45.4 Å². The first-order valence-corrected chi connectivity index (χ1v) is 7.62. The van der Waals surface area contributed by atoms with Gasteiger partial charge in [0.25, 0.3) is 0 Å². The van der Waals surface area contributed by atoms with Gasteiger partial charge in [0, 0.05) is 18.2 Å². The number of benzene rings is 1. The van der Waals surface area contributed by atoms with E-state index in [0.29, 0.717) is 37.9 Å². The van der Waals surface area contributed by atoms with E-state index in [1.165, 1.54) is 0 Å². The van der Waals surface area contributed by atoms with Gasteiger partial charge in [-0.2, -0.15) is 0 Å². The molecular formula is C15H25ClIN3O2. The van der Waals surface area contributed by atoms with E-state index in [0.717, 1.165) is 18.3 Å². The predicted molar refractivity (Wildman–Crippen MR) is 103 cm³/mol. The highest BCUT2D eigenvalue weighted by atomic mass is 127. The molecule has 0 bridgehead atoms. The highest BCUT2D eigenvalue weighted by Gasteiger charge is 1.97. The lowest BCUT2D eigenvalue weighted by atomic mass is 10.3. The highest BCUT2D eigenvalue weighted by Crippen LogP contribution is 2.14. The molecule has 0 saturated heterocycles. The molecule has 1 rings (SSSR count). The lowest BCUT2D eigenvalue weighted by molar-refractivity contribution is 0.155. The summed E-state index contributed by atoms with van der Waals surface area (Å²) < 4.78 is 10.9. The van der Waals surface area contributed by atoms with Crippen LogP contribution in [0.4, 0.5) is 0 Å². The fourth-order valence-corrected chi connectivity index (χ4v) is 1.70. The van der Waals surface area contributed by atoms with Gasteiger partial charge in [0.15, 0.2) is 5.96 Å². The highest BCUT2D eigenvalue weighted by molar-refractivity contribution is 14.0. The molecule has 2 N–H and O–H groups in total. The second-order valence-corrected chi connectivity index (χ2v) is 4.62. The fourth-order valence-electron chi connectivity index (χ4n) is 1.58. The summed E-state index contributed by atoms with van der Waals surface area (Å²) in [4.78, 5) is 4.40. The molecule has 0 aromatic heterocycles. The minimum absolute atomic E-state index is 0. The van der Waals surface area contributed by atoms with Crippen LogP contribution in [0.3, 0.4) is 0 Å². The molecule has 0 amide bonds. The zero-order valence-electron chi connectivity index (χ0n) is 13.1. The Morgan fingerprint density at radius 3 is 2.50 bits per heavy atom. The minimum Gasteiger partial charge on any atom is -0.492 e. The van der Waals surface area contributed by atoms with Gasteiger partial charge in [-0.1, -0.05) is 11.6 Å². The molecule has 1 aromatic carbocycles. The Bertz CT molecular complexity index is 416. The van der Waals surface area contributed by atoms with E-state index in [1.807, 2.05) is 38.1 Å². The van der Waals surface area contributed by atoms with Crippen LogP contribution in [0.1, 0.15) is 13.8 Å². The average Bonchev–Trinajstić information content (AvgIpc) is 2.49. The van der Waals surface area contributed by atoms with Crippen molar-refractivity contribution in [1.29, 1.82) is 0 Å². The maximum Gasteiger partial charge on any atom is 0.191 e. The van der Waals surface area contributed by atoms with Gasteiger partial charge in [-0.3, -0.25) is 4.99 Å². The van der Waals surface area contributed by atoms with E-state index in [9.17, 15) is 0 Å². The SMILES string of the molecule is CCNC(=NCCOCC)NCCOc1ccc(Cl)cc1.I. The molecule has 1 aromatic rings. The quantitative estimate of drug-likeness (QED) is 0.268. The summed E-state index contributed by atoms with van der Waals surface area (Å²) in [5, 5.41) is 7.09. The molecule has 5 nitrogen and oxygen atoms in total. The van der Waals surface area contributed by atoms with Crippen molar-refractivity contribution in [2.75, 3.05) is 39.5 Å². The van der Waals surface area contributed by atoms with E-state index < -0.39 is 0 Å². The summed E-state index contributed by atoms with van der Waals surface area (Å²) in [6.45, 7) is 8.04. The maximum absolute atomic E-state index is 5.82. The summed E-state index contributed by atoms with van der Waals surface area (Å²) in [6, 6.07) is 7.32. The Morgan fingerprint density at radius 2 is 1.86 bits per heavy atom. The van der Waals surface area contributed by atoms with Crippen molar-refractivity contribution in [3.05, 3.63) is 29.3 Å². The van der Waals surface area contributed by atoms with Crippen LogP contribution >= 0.6 is 35.6 Å². The van der Waals surface area contributed by atoms with Gasteiger partial charge in [0.05, 0.1) is 19.7 Å². The number of aliphatic imine (C=N–C) groups is 1. The van der Waals surface area contributed by atoms with E-state index in [-0.39, 0.29) is 24.0 Å². The Labute approximate surface area is 154 Å². The second-order valence-electron chi connectivity index (χ2n) is 4.19. The molecule has 0 fully saturated rings. The third-order valence-electron chi connectivity index (χ3n) is 2.53. The lowest BCUT2D eigenvalue weighted by Crippen LogP contribution is -2.39. The van der Waals surface area contributed by atoms with Crippen LogP contribution in [0.15, 0.2) is 29.3 Å². The van der Waals surface area contributed by atoms with Crippen molar-refractivity contribution in [2.45, 2.75) is 13.8 Å². The number of halogens is 2. The summed E-state index contributed by atoms with van der Waals surface area (Å²) in [5.74, 6) is 1.58. The molecule has 126 valence electrons. The number of nitrogens with one attached hydrogen (secondary N) is 2. The van der Waals surface area contributed by atoms with Crippen molar-refractivity contribution in [2.24, 2.45) is 4.99 Å². The summed E-state index contributed by atoms with van der Waals surface area (Å²) >= 11 is 5.82. The molecule has 0 unspecified atom stereocenters. The van der Waals surface area contributed by atoms with Gasteiger partial charge in [-0.15, -0.1) is 24.0 Å². The third kappa shape index (κ3) is 10.1. The molecule has 0 aliphatic heterocycles. The van der Waals surface area contributed by atoms with Crippen LogP contribution in [0, 0.1) is 0 Å². The molecule has 0 aliphatic rings. The molecule has 0 heterocycles. The molecule has 7 heteroatoms. The van der Waals surface area contributed by atoms with Gasteiger partial charge in [0.2, 0.25) is 0 Å². The van der Waals surface area contributed by atoms with Crippen molar-refractivity contribution in [1.82, 2.24) is 10.6 Å². The molecular weight excluding hydrogens is 417 g/mol. The Morgan fingerprint density at radius 1 is 1.14 bits per heavy atom. The van der Waals surface area contributed by atoms with Gasteiger partial charge < -0.3 is 20.1 Å².